The zero-order chi connectivity index (χ0) is 13.3. The fourth-order valence-corrected chi connectivity index (χ4v) is 1.91. The average molecular weight is 244 g/mol. The predicted molar refractivity (Wildman–Crippen MR) is 71.6 cm³/mol. The summed E-state index contributed by atoms with van der Waals surface area (Å²) in [4.78, 5) is 14.8. The number of aromatic nitrogens is 1. The Balaban J connectivity index is 2.41. The van der Waals surface area contributed by atoms with E-state index in [-0.39, 0.29) is 16.0 Å². The van der Waals surface area contributed by atoms with Crippen LogP contribution in [-0.4, -0.2) is 9.91 Å². The highest BCUT2D eigenvalue weighted by atomic mass is 16.6. The fraction of sp³-hybridized carbons (Fsp3) is 0.357. The molecule has 0 saturated carbocycles. The van der Waals surface area contributed by atoms with Crippen LogP contribution in [0.25, 0.3) is 10.9 Å². The largest absolute Gasteiger partial charge is 0.270 e. The van der Waals surface area contributed by atoms with Gasteiger partial charge in [0, 0.05) is 23.2 Å². The number of non-ortho nitro benzene ring substituents is 1. The topological polar surface area (TPSA) is 56.0 Å². The van der Waals surface area contributed by atoms with Gasteiger partial charge in [-0.2, -0.15) is 0 Å². The minimum Gasteiger partial charge on any atom is -0.258 e. The monoisotopic (exact) mass is 244 g/mol. The number of benzene rings is 1. The zero-order valence-corrected chi connectivity index (χ0v) is 10.8. The molecule has 1 aromatic carbocycles. The third kappa shape index (κ3) is 2.83. The second kappa shape index (κ2) is 4.37. The molecule has 0 unspecified atom stereocenters. The Morgan fingerprint density at radius 3 is 2.56 bits per heavy atom. The molecule has 0 atom stereocenters. The van der Waals surface area contributed by atoms with Gasteiger partial charge in [0.15, 0.2) is 0 Å². The van der Waals surface area contributed by atoms with Crippen LogP contribution in [0.2, 0.25) is 0 Å². The lowest BCUT2D eigenvalue weighted by molar-refractivity contribution is -0.384. The smallest absolute Gasteiger partial charge is 0.258 e. The minimum atomic E-state index is -0.386. The van der Waals surface area contributed by atoms with Crippen LogP contribution in [-0.2, 0) is 6.42 Å². The van der Waals surface area contributed by atoms with Crippen molar-refractivity contribution < 1.29 is 4.92 Å². The quantitative estimate of drug-likeness (QED) is 0.597. The normalized spacial score (nSPS) is 11.7. The molecule has 18 heavy (non-hydrogen) atoms. The van der Waals surface area contributed by atoms with Crippen LogP contribution in [0.15, 0.2) is 30.3 Å². The van der Waals surface area contributed by atoms with Crippen molar-refractivity contribution in [2.45, 2.75) is 27.2 Å². The van der Waals surface area contributed by atoms with Crippen LogP contribution in [0, 0.1) is 15.5 Å². The van der Waals surface area contributed by atoms with E-state index in [2.05, 4.69) is 25.8 Å². The Hall–Kier alpha value is -1.97. The average Bonchev–Trinajstić information content (AvgIpc) is 2.26. The molecule has 0 radical (unpaired) electrons. The molecule has 2 rings (SSSR count). The molecule has 0 aliphatic rings. The van der Waals surface area contributed by atoms with E-state index in [1.165, 1.54) is 6.07 Å². The number of nitrogens with zero attached hydrogens (tertiary/aromatic N) is 2. The van der Waals surface area contributed by atoms with Gasteiger partial charge in [-0.25, -0.2) is 0 Å². The maximum absolute atomic E-state index is 10.7. The second-order valence-electron chi connectivity index (χ2n) is 5.67. The summed E-state index contributed by atoms with van der Waals surface area (Å²) in [6, 6.07) is 8.60. The van der Waals surface area contributed by atoms with Gasteiger partial charge in [0.2, 0.25) is 0 Å². The summed E-state index contributed by atoms with van der Waals surface area (Å²) in [5.41, 5.74) is 2.11. The van der Waals surface area contributed by atoms with Crippen LogP contribution >= 0.6 is 0 Å². The predicted octanol–water partition coefficient (Wildman–Crippen LogP) is 3.73. The van der Waals surface area contributed by atoms with Gasteiger partial charge >= 0.3 is 0 Å². The first-order chi connectivity index (χ1) is 8.35. The summed E-state index contributed by atoms with van der Waals surface area (Å²) >= 11 is 0. The van der Waals surface area contributed by atoms with Crippen molar-refractivity contribution in [2.24, 2.45) is 5.41 Å². The number of pyridine rings is 1. The lowest BCUT2D eigenvalue weighted by Crippen LogP contribution is -2.10. The fourth-order valence-electron chi connectivity index (χ4n) is 1.91. The molecule has 0 fully saturated rings. The standard InChI is InChI=1S/C14H16N2O2/c1-14(2,3)9-11-5-4-10-8-12(16(17)18)6-7-13(10)15-11/h4-8H,9H2,1-3H3. The molecule has 0 N–H and O–H groups in total. The Kier molecular flexibility index (Phi) is 3.03. The zero-order valence-electron chi connectivity index (χ0n) is 10.8. The van der Waals surface area contributed by atoms with Gasteiger partial charge < -0.3 is 0 Å². The van der Waals surface area contributed by atoms with Gasteiger partial charge in [-0.3, -0.25) is 15.1 Å². The molecule has 0 spiro atoms. The molecule has 0 aliphatic carbocycles. The number of nitro groups is 1. The minimum absolute atomic E-state index is 0.105. The maximum atomic E-state index is 10.7. The van der Waals surface area contributed by atoms with Crippen molar-refractivity contribution in [1.29, 1.82) is 0 Å². The third-order valence-corrected chi connectivity index (χ3v) is 2.65. The number of fused-ring (bicyclic) bond motifs is 1. The van der Waals surface area contributed by atoms with Gasteiger partial charge in [0.05, 0.1) is 10.4 Å². The van der Waals surface area contributed by atoms with Gasteiger partial charge in [-0.05, 0) is 24.0 Å². The number of hydrogen-bond donors (Lipinski definition) is 0. The van der Waals surface area contributed by atoms with Crippen molar-refractivity contribution in [3.05, 3.63) is 46.1 Å². The summed E-state index contributed by atoms with van der Waals surface area (Å²) in [6.45, 7) is 6.48. The van der Waals surface area contributed by atoms with Crippen molar-refractivity contribution in [3.63, 3.8) is 0 Å². The van der Waals surface area contributed by atoms with Crippen LogP contribution < -0.4 is 0 Å². The number of hydrogen-bond acceptors (Lipinski definition) is 3. The van der Waals surface area contributed by atoms with Crippen molar-refractivity contribution >= 4 is 16.6 Å². The first-order valence-electron chi connectivity index (χ1n) is 5.89. The molecule has 4 nitrogen and oxygen atoms in total. The van der Waals surface area contributed by atoms with Crippen LogP contribution in [0.3, 0.4) is 0 Å². The summed E-state index contributed by atoms with van der Waals surface area (Å²) < 4.78 is 0. The first kappa shape index (κ1) is 12.5. The van der Waals surface area contributed by atoms with E-state index in [4.69, 9.17) is 0 Å². The van der Waals surface area contributed by atoms with E-state index in [1.54, 1.807) is 12.1 Å². The highest BCUT2D eigenvalue weighted by Crippen LogP contribution is 2.23. The highest BCUT2D eigenvalue weighted by molar-refractivity contribution is 5.81. The Morgan fingerprint density at radius 2 is 1.94 bits per heavy atom. The molecule has 0 bridgehead atoms. The molecule has 0 amide bonds. The molecular formula is C14H16N2O2. The highest BCUT2D eigenvalue weighted by Gasteiger charge is 2.13. The van der Waals surface area contributed by atoms with Crippen molar-refractivity contribution in [1.82, 2.24) is 4.98 Å². The summed E-state index contributed by atoms with van der Waals surface area (Å²) in [5.74, 6) is 0. The van der Waals surface area contributed by atoms with Crippen LogP contribution in [0.4, 0.5) is 5.69 Å². The summed E-state index contributed by atoms with van der Waals surface area (Å²) in [5, 5.41) is 11.5. The first-order valence-corrected chi connectivity index (χ1v) is 5.89. The van der Waals surface area contributed by atoms with Crippen LogP contribution in [0.1, 0.15) is 26.5 Å². The van der Waals surface area contributed by atoms with Gasteiger partial charge in [0.1, 0.15) is 0 Å². The van der Waals surface area contributed by atoms with E-state index in [1.807, 2.05) is 12.1 Å². The lowest BCUT2D eigenvalue weighted by atomic mass is 9.90. The molecule has 1 heterocycles. The molecule has 94 valence electrons. The SMILES string of the molecule is CC(C)(C)Cc1ccc2cc([N+](=O)[O-])ccc2n1. The van der Waals surface area contributed by atoms with E-state index >= 15 is 0 Å². The van der Waals surface area contributed by atoms with Crippen molar-refractivity contribution in [2.75, 3.05) is 0 Å². The van der Waals surface area contributed by atoms with E-state index in [0.717, 1.165) is 23.0 Å². The second-order valence-corrected chi connectivity index (χ2v) is 5.67. The lowest BCUT2D eigenvalue weighted by Gasteiger charge is -2.17. The Labute approximate surface area is 106 Å². The Bertz CT molecular complexity index is 600. The van der Waals surface area contributed by atoms with Crippen molar-refractivity contribution in [3.8, 4) is 0 Å². The Morgan fingerprint density at radius 1 is 1.22 bits per heavy atom. The summed E-state index contributed by atoms with van der Waals surface area (Å²) in [7, 11) is 0. The van der Waals surface area contributed by atoms with Gasteiger partial charge in [-0.1, -0.05) is 26.8 Å². The molecule has 0 aliphatic heterocycles. The van der Waals surface area contributed by atoms with Crippen LogP contribution in [0.5, 0.6) is 0 Å². The number of rotatable bonds is 2. The third-order valence-electron chi connectivity index (χ3n) is 2.65. The van der Waals surface area contributed by atoms with Gasteiger partial charge in [-0.15, -0.1) is 0 Å². The van der Waals surface area contributed by atoms with E-state index < -0.39 is 0 Å². The molecule has 0 saturated heterocycles. The van der Waals surface area contributed by atoms with Gasteiger partial charge in [0.25, 0.3) is 5.69 Å². The maximum Gasteiger partial charge on any atom is 0.270 e. The molecule has 2 aromatic rings. The molecular weight excluding hydrogens is 228 g/mol. The van der Waals surface area contributed by atoms with E-state index in [0.29, 0.717) is 0 Å². The number of nitro benzene ring substituents is 1. The molecule has 4 heteroatoms. The van der Waals surface area contributed by atoms with E-state index in [9.17, 15) is 10.1 Å². The summed E-state index contributed by atoms with van der Waals surface area (Å²) in [6.07, 6.45) is 0.889. The molecule has 1 aromatic heterocycles.